The quantitative estimate of drug-likeness (QED) is 0.561. The Balaban J connectivity index is 2.65. The van der Waals surface area contributed by atoms with Crippen LogP contribution in [0.4, 0.5) is 0 Å². The third-order valence-corrected chi connectivity index (χ3v) is 2.48. The van der Waals surface area contributed by atoms with Gasteiger partial charge in [0.25, 0.3) is 0 Å². The molecule has 0 amide bonds. The molecule has 0 saturated heterocycles. The van der Waals surface area contributed by atoms with Crippen LogP contribution in [0.3, 0.4) is 0 Å². The number of hydrogen-bond acceptors (Lipinski definition) is 2. The molecule has 0 bridgehead atoms. The number of para-hydroxylation sites is 1. The lowest BCUT2D eigenvalue weighted by Gasteiger charge is -2.17. The van der Waals surface area contributed by atoms with Gasteiger partial charge in [0.15, 0.2) is 0 Å². The molecule has 0 saturated carbocycles. The summed E-state index contributed by atoms with van der Waals surface area (Å²) in [6, 6.07) is 8.48. The summed E-state index contributed by atoms with van der Waals surface area (Å²) in [4.78, 5) is 0. The topological polar surface area (TPSA) is 21.3 Å². The van der Waals surface area contributed by atoms with Gasteiger partial charge in [-0.25, -0.2) is 0 Å². The van der Waals surface area contributed by atoms with Crippen molar-refractivity contribution >= 4 is 0 Å². The molecule has 0 aromatic heterocycles. The SMILES string of the molecule is C=CCCNC(C)c1ccccc1OCC. The monoisotopic (exact) mass is 219 g/mol. The van der Waals surface area contributed by atoms with E-state index < -0.39 is 0 Å². The van der Waals surface area contributed by atoms with Crippen molar-refractivity contribution in [2.24, 2.45) is 0 Å². The average molecular weight is 219 g/mol. The molecule has 0 heterocycles. The highest BCUT2D eigenvalue weighted by atomic mass is 16.5. The summed E-state index contributed by atoms with van der Waals surface area (Å²) in [7, 11) is 0. The first kappa shape index (κ1) is 12.8. The molecule has 0 aliphatic rings. The Morgan fingerprint density at radius 1 is 1.44 bits per heavy atom. The van der Waals surface area contributed by atoms with E-state index in [-0.39, 0.29) is 0 Å². The maximum absolute atomic E-state index is 5.60. The molecule has 1 unspecified atom stereocenters. The summed E-state index contributed by atoms with van der Waals surface area (Å²) in [6.07, 6.45) is 2.91. The molecule has 1 aromatic carbocycles. The van der Waals surface area contributed by atoms with Crippen LogP contribution in [0.15, 0.2) is 36.9 Å². The van der Waals surface area contributed by atoms with Crippen LogP contribution in [0.25, 0.3) is 0 Å². The molecule has 88 valence electrons. The van der Waals surface area contributed by atoms with Gasteiger partial charge in [-0.3, -0.25) is 0 Å². The predicted molar refractivity (Wildman–Crippen MR) is 68.8 cm³/mol. The van der Waals surface area contributed by atoms with Crippen molar-refractivity contribution in [2.45, 2.75) is 26.3 Å². The highest BCUT2D eigenvalue weighted by Gasteiger charge is 2.09. The van der Waals surface area contributed by atoms with Crippen molar-refractivity contribution in [2.75, 3.05) is 13.2 Å². The van der Waals surface area contributed by atoms with E-state index in [1.165, 1.54) is 5.56 Å². The molecule has 1 atom stereocenters. The summed E-state index contributed by atoms with van der Waals surface area (Å²) in [6.45, 7) is 9.53. The van der Waals surface area contributed by atoms with E-state index in [0.29, 0.717) is 12.6 Å². The van der Waals surface area contributed by atoms with Gasteiger partial charge in [-0.05, 0) is 32.9 Å². The molecule has 0 aliphatic carbocycles. The summed E-state index contributed by atoms with van der Waals surface area (Å²) in [5, 5.41) is 3.45. The fourth-order valence-electron chi connectivity index (χ4n) is 1.64. The molecule has 0 radical (unpaired) electrons. The van der Waals surface area contributed by atoms with Crippen LogP contribution in [0.1, 0.15) is 31.9 Å². The molecule has 1 aromatic rings. The van der Waals surface area contributed by atoms with Crippen molar-refractivity contribution in [3.8, 4) is 5.75 Å². The molecule has 2 heteroatoms. The fourth-order valence-corrected chi connectivity index (χ4v) is 1.64. The number of rotatable bonds is 7. The number of benzene rings is 1. The van der Waals surface area contributed by atoms with E-state index in [9.17, 15) is 0 Å². The summed E-state index contributed by atoms with van der Waals surface area (Å²) >= 11 is 0. The minimum Gasteiger partial charge on any atom is -0.494 e. The van der Waals surface area contributed by atoms with Gasteiger partial charge < -0.3 is 10.1 Å². The van der Waals surface area contributed by atoms with E-state index in [0.717, 1.165) is 18.7 Å². The van der Waals surface area contributed by atoms with E-state index in [1.807, 2.05) is 31.2 Å². The number of nitrogens with one attached hydrogen (secondary N) is 1. The largest absolute Gasteiger partial charge is 0.494 e. The standard InChI is InChI=1S/C14H21NO/c1-4-6-11-15-12(3)13-9-7-8-10-14(13)16-5-2/h4,7-10,12,15H,1,5-6,11H2,2-3H3. The van der Waals surface area contributed by atoms with Gasteiger partial charge in [0.2, 0.25) is 0 Å². The van der Waals surface area contributed by atoms with E-state index in [4.69, 9.17) is 4.74 Å². The van der Waals surface area contributed by atoms with Crippen molar-refractivity contribution in [3.63, 3.8) is 0 Å². The molecule has 1 rings (SSSR count). The normalized spacial score (nSPS) is 12.1. The Labute approximate surface area is 98.3 Å². The lowest BCUT2D eigenvalue weighted by molar-refractivity contribution is 0.332. The first-order valence-electron chi connectivity index (χ1n) is 5.85. The summed E-state index contributed by atoms with van der Waals surface area (Å²) in [5.74, 6) is 0.976. The van der Waals surface area contributed by atoms with Crippen molar-refractivity contribution < 1.29 is 4.74 Å². The molecule has 0 spiro atoms. The molecular formula is C14H21NO. The van der Waals surface area contributed by atoms with Crippen LogP contribution in [-0.2, 0) is 0 Å². The Morgan fingerprint density at radius 2 is 2.19 bits per heavy atom. The van der Waals surface area contributed by atoms with Gasteiger partial charge >= 0.3 is 0 Å². The number of hydrogen-bond donors (Lipinski definition) is 1. The zero-order chi connectivity index (χ0) is 11.8. The molecular weight excluding hydrogens is 198 g/mol. The highest BCUT2D eigenvalue weighted by molar-refractivity contribution is 5.35. The molecule has 0 aliphatic heterocycles. The minimum absolute atomic E-state index is 0.308. The van der Waals surface area contributed by atoms with Crippen LogP contribution in [0, 0.1) is 0 Å². The average Bonchev–Trinajstić information content (AvgIpc) is 2.30. The first-order chi connectivity index (χ1) is 7.79. The van der Waals surface area contributed by atoms with Crippen molar-refractivity contribution in [3.05, 3.63) is 42.5 Å². The Morgan fingerprint density at radius 3 is 2.88 bits per heavy atom. The Hall–Kier alpha value is -1.28. The lowest BCUT2D eigenvalue weighted by Crippen LogP contribution is -2.20. The predicted octanol–water partition coefficient (Wildman–Crippen LogP) is 3.31. The van der Waals surface area contributed by atoms with Crippen LogP contribution in [0.2, 0.25) is 0 Å². The second-order valence-electron chi connectivity index (χ2n) is 3.72. The molecule has 2 nitrogen and oxygen atoms in total. The minimum atomic E-state index is 0.308. The van der Waals surface area contributed by atoms with E-state index >= 15 is 0 Å². The zero-order valence-corrected chi connectivity index (χ0v) is 10.2. The van der Waals surface area contributed by atoms with E-state index in [1.54, 1.807) is 0 Å². The van der Waals surface area contributed by atoms with Crippen LogP contribution in [-0.4, -0.2) is 13.2 Å². The van der Waals surface area contributed by atoms with Gasteiger partial charge in [0.05, 0.1) is 6.61 Å². The Kier molecular flexibility index (Phi) is 5.65. The van der Waals surface area contributed by atoms with Gasteiger partial charge in [0, 0.05) is 11.6 Å². The van der Waals surface area contributed by atoms with Gasteiger partial charge in [0.1, 0.15) is 5.75 Å². The Bertz CT molecular complexity index is 322. The second kappa shape index (κ2) is 7.07. The van der Waals surface area contributed by atoms with Crippen molar-refractivity contribution in [1.82, 2.24) is 5.32 Å². The van der Waals surface area contributed by atoms with Crippen LogP contribution >= 0.6 is 0 Å². The van der Waals surface area contributed by atoms with Gasteiger partial charge in [-0.1, -0.05) is 24.3 Å². The third-order valence-electron chi connectivity index (χ3n) is 2.48. The van der Waals surface area contributed by atoms with E-state index in [2.05, 4.69) is 24.9 Å². The summed E-state index contributed by atoms with van der Waals surface area (Å²) in [5.41, 5.74) is 1.22. The second-order valence-corrected chi connectivity index (χ2v) is 3.72. The molecule has 1 N–H and O–H groups in total. The molecule has 16 heavy (non-hydrogen) atoms. The molecule has 0 fully saturated rings. The zero-order valence-electron chi connectivity index (χ0n) is 10.2. The van der Waals surface area contributed by atoms with Crippen molar-refractivity contribution in [1.29, 1.82) is 0 Å². The smallest absolute Gasteiger partial charge is 0.124 e. The lowest BCUT2D eigenvalue weighted by atomic mass is 10.1. The maximum atomic E-state index is 5.60. The maximum Gasteiger partial charge on any atom is 0.124 e. The fraction of sp³-hybridized carbons (Fsp3) is 0.429. The van der Waals surface area contributed by atoms with Crippen LogP contribution < -0.4 is 10.1 Å². The van der Waals surface area contributed by atoms with Gasteiger partial charge in [-0.2, -0.15) is 0 Å². The highest BCUT2D eigenvalue weighted by Crippen LogP contribution is 2.24. The summed E-state index contributed by atoms with van der Waals surface area (Å²) < 4.78 is 5.60. The number of ether oxygens (including phenoxy) is 1. The first-order valence-corrected chi connectivity index (χ1v) is 5.85. The van der Waals surface area contributed by atoms with Crippen LogP contribution in [0.5, 0.6) is 5.75 Å². The van der Waals surface area contributed by atoms with Gasteiger partial charge in [-0.15, -0.1) is 6.58 Å². The third kappa shape index (κ3) is 3.70.